The number of hydrogen-bond acceptors (Lipinski definition) is 4. The van der Waals surface area contributed by atoms with Gasteiger partial charge in [-0.2, -0.15) is 0 Å². The van der Waals surface area contributed by atoms with Gasteiger partial charge in [-0.05, 0) is 25.0 Å². The molecule has 0 bridgehead atoms. The predicted octanol–water partition coefficient (Wildman–Crippen LogP) is 0.865. The molecule has 7 heteroatoms. The summed E-state index contributed by atoms with van der Waals surface area (Å²) in [5.74, 6) is -0.719. The Balaban J connectivity index is 2.34. The first-order valence-electron chi connectivity index (χ1n) is 6.30. The minimum atomic E-state index is -0.579. The fourth-order valence-electron chi connectivity index (χ4n) is 2.13. The van der Waals surface area contributed by atoms with E-state index in [9.17, 15) is 19.7 Å². The third-order valence-electron chi connectivity index (χ3n) is 3.13. The highest BCUT2D eigenvalue weighted by molar-refractivity contribution is 6.00. The molecule has 2 rings (SSSR count). The van der Waals surface area contributed by atoms with Crippen molar-refractivity contribution in [2.45, 2.75) is 13.3 Å². The number of carbonyl (C=O) groups excluding carboxylic acids is 2. The van der Waals surface area contributed by atoms with Crippen molar-refractivity contribution in [3.05, 3.63) is 39.4 Å². The van der Waals surface area contributed by atoms with Crippen LogP contribution in [-0.4, -0.2) is 41.3 Å². The first-order chi connectivity index (χ1) is 9.49. The molecule has 0 saturated carbocycles. The molecule has 1 saturated heterocycles. The van der Waals surface area contributed by atoms with Crippen molar-refractivity contribution in [2.75, 3.05) is 19.6 Å². The lowest BCUT2D eigenvalue weighted by atomic mass is 10.1. The van der Waals surface area contributed by atoms with Crippen molar-refractivity contribution in [3.63, 3.8) is 0 Å². The van der Waals surface area contributed by atoms with Gasteiger partial charge in [0.1, 0.15) is 5.56 Å². The van der Waals surface area contributed by atoms with Crippen LogP contribution in [0.1, 0.15) is 22.3 Å². The van der Waals surface area contributed by atoms with Gasteiger partial charge >= 0.3 is 0 Å². The molecule has 20 heavy (non-hydrogen) atoms. The molecule has 1 aliphatic rings. The Morgan fingerprint density at radius 1 is 1.45 bits per heavy atom. The van der Waals surface area contributed by atoms with E-state index in [0.717, 1.165) is 5.56 Å². The van der Waals surface area contributed by atoms with Gasteiger partial charge in [0, 0.05) is 19.2 Å². The topological polar surface area (TPSA) is 92.6 Å². The number of benzene rings is 1. The van der Waals surface area contributed by atoms with Crippen molar-refractivity contribution in [3.8, 4) is 0 Å². The molecule has 1 aromatic rings. The van der Waals surface area contributed by atoms with Crippen LogP contribution in [0.5, 0.6) is 0 Å². The van der Waals surface area contributed by atoms with Crippen molar-refractivity contribution < 1.29 is 14.5 Å². The zero-order valence-electron chi connectivity index (χ0n) is 11.1. The summed E-state index contributed by atoms with van der Waals surface area (Å²) < 4.78 is 0. The Kier molecular flexibility index (Phi) is 3.97. The zero-order valence-corrected chi connectivity index (χ0v) is 11.1. The third kappa shape index (κ3) is 2.93. The van der Waals surface area contributed by atoms with Gasteiger partial charge in [-0.3, -0.25) is 19.7 Å². The Bertz CT molecular complexity index is 571. The second-order valence-electron chi connectivity index (χ2n) is 4.71. The average Bonchev–Trinajstić information content (AvgIpc) is 2.62. The number of rotatable bonds is 2. The number of nitrogens with zero attached hydrogens (tertiary/aromatic N) is 2. The van der Waals surface area contributed by atoms with E-state index in [0.29, 0.717) is 19.5 Å². The standard InChI is InChI=1S/C13H15N3O4/c1-9-3-4-11(16(19)20)10(7-9)13(18)15-6-2-5-14-12(17)8-15/h3-4,7H,2,5-6,8H2,1H3,(H,14,17). The minimum Gasteiger partial charge on any atom is -0.354 e. The summed E-state index contributed by atoms with van der Waals surface area (Å²) in [5.41, 5.74) is 0.563. The molecule has 0 atom stereocenters. The molecule has 1 heterocycles. The Morgan fingerprint density at radius 3 is 2.90 bits per heavy atom. The summed E-state index contributed by atoms with van der Waals surface area (Å²) in [6.07, 6.45) is 0.636. The summed E-state index contributed by atoms with van der Waals surface area (Å²) in [6, 6.07) is 4.40. The second-order valence-corrected chi connectivity index (χ2v) is 4.71. The Hall–Kier alpha value is -2.44. The number of nitro groups is 1. The van der Waals surface area contributed by atoms with E-state index in [4.69, 9.17) is 0 Å². The van der Waals surface area contributed by atoms with Gasteiger partial charge in [-0.15, -0.1) is 0 Å². The first kappa shape index (κ1) is 14.0. The molecule has 0 aliphatic carbocycles. The van der Waals surface area contributed by atoms with E-state index in [-0.39, 0.29) is 23.7 Å². The predicted molar refractivity (Wildman–Crippen MR) is 71.4 cm³/mol. The van der Waals surface area contributed by atoms with Gasteiger partial charge in [-0.25, -0.2) is 0 Å². The van der Waals surface area contributed by atoms with E-state index in [1.807, 2.05) is 0 Å². The molecular weight excluding hydrogens is 262 g/mol. The molecule has 1 fully saturated rings. The molecule has 1 aromatic carbocycles. The summed E-state index contributed by atoms with van der Waals surface area (Å²) in [4.78, 5) is 35.7. The van der Waals surface area contributed by atoms with Crippen molar-refractivity contribution >= 4 is 17.5 Å². The number of amides is 2. The summed E-state index contributed by atoms with van der Waals surface area (Å²) in [5, 5.41) is 13.7. The molecule has 1 N–H and O–H groups in total. The number of nitro benzene ring substituents is 1. The third-order valence-corrected chi connectivity index (χ3v) is 3.13. The van der Waals surface area contributed by atoms with E-state index in [1.165, 1.54) is 17.0 Å². The van der Waals surface area contributed by atoms with Crippen LogP contribution in [0.3, 0.4) is 0 Å². The van der Waals surface area contributed by atoms with Crippen LogP contribution in [0.15, 0.2) is 18.2 Å². The van der Waals surface area contributed by atoms with Crippen molar-refractivity contribution in [1.29, 1.82) is 0 Å². The summed E-state index contributed by atoms with van der Waals surface area (Å²) >= 11 is 0. The largest absolute Gasteiger partial charge is 0.354 e. The maximum atomic E-state index is 12.4. The van der Waals surface area contributed by atoms with Gasteiger partial charge in [0.25, 0.3) is 11.6 Å². The van der Waals surface area contributed by atoms with Crippen LogP contribution in [0.2, 0.25) is 0 Å². The van der Waals surface area contributed by atoms with Crippen LogP contribution in [0, 0.1) is 17.0 Å². The zero-order chi connectivity index (χ0) is 14.7. The SMILES string of the molecule is Cc1ccc([N+](=O)[O-])c(C(=O)N2CCCNC(=O)C2)c1. The first-order valence-corrected chi connectivity index (χ1v) is 6.30. The van der Waals surface area contributed by atoms with Gasteiger partial charge < -0.3 is 10.2 Å². The van der Waals surface area contributed by atoms with Crippen LogP contribution < -0.4 is 5.32 Å². The van der Waals surface area contributed by atoms with Crippen LogP contribution in [0.25, 0.3) is 0 Å². The van der Waals surface area contributed by atoms with E-state index < -0.39 is 10.8 Å². The fourth-order valence-corrected chi connectivity index (χ4v) is 2.13. The molecular formula is C13H15N3O4. The van der Waals surface area contributed by atoms with Crippen molar-refractivity contribution in [2.24, 2.45) is 0 Å². The van der Waals surface area contributed by atoms with Gasteiger partial charge in [0.2, 0.25) is 5.91 Å². The maximum Gasteiger partial charge on any atom is 0.282 e. The minimum absolute atomic E-state index is 0.0321. The highest BCUT2D eigenvalue weighted by Gasteiger charge is 2.27. The lowest BCUT2D eigenvalue weighted by Gasteiger charge is -2.19. The van der Waals surface area contributed by atoms with Gasteiger partial charge in [0.15, 0.2) is 0 Å². The molecule has 106 valence electrons. The molecule has 0 radical (unpaired) electrons. The van der Waals surface area contributed by atoms with E-state index >= 15 is 0 Å². The number of nitrogens with one attached hydrogen (secondary N) is 1. The average molecular weight is 277 g/mol. The molecule has 0 unspecified atom stereocenters. The van der Waals surface area contributed by atoms with Gasteiger partial charge in [0.05, 0.1) is 11.5 Å². The number of carbonyl (C=O) groups is 2. The Morgan fingerprint density at radius 2 is 2.20 bits per heavy atom. The van der Waals surface area contributed by atoms with Crippen LogP contribution in [0.4, 0.5) is 5.69 Å². The molecule has 2 amide bonds. The molecule has 7 nitrogen and oxygen atoms in total. The van der Waals surface area contributed by atoms with Crippen LogP contribution >= 0.6 is 0 Å². The monoisotopic (exact) mass is 277 g/mol. The maximum absolute atomic E-state index is 12.4. The Labute approximate surface area is 115 Å². The lowest BCUT2D eigenvalue weighted by Crippen LogP contribution is -2.37. The summed E-state index contributed by atoms with van der Waals surface area (Å²) in [6.45, 7) is 2.61. The molecule has 1 aliphatic heterocycles. The van der Waals surface area contributed by atoms with Gasteiger partial charge in [-0.1, -0.05) is 6.07 Å². The highest BCUT2D eigenvalue weighted by atomic mass is 16.6. The second kappa shape index (κ2) is 5.68. The fraction of sp³-hybridized carbons (Fsp3) is 0.385. The smallest absolute Gasteiger partial charge is 0.282 e. The van der Waals surface area contributed by atoms with E-state index in [1.54, 1.807) is 13.0 Å². The quantitative estimate of drug-likeness (QED) is 0.641. The number of hydrogen-bond donors (Lipinski definition) is 1. The molecule has 0 aromatic heterocycles. The van der Waals surface area contributed by atoms with E-state index in [2.05, 4.69) is 5.32 Å². The lowest BCUT2D eigenvalue weighted by molar-refractivity contribution is -0.385. The number of aryl methyl sites for hydroxylation is 1. The summed E-state index contributed by atoms with van der Waals surface area (Å²) in [7, 11) is 0. The van der Waals surface area contributed by atoms with Crippen molar-refractivity contribution in [1.82, 2.24) is 10.2 Å². The normalized spacial score (nSPS) is 15.4. The highest BCUT2D eigenvalue weighted by Crippen LogP contribution is 2.22. The van der Waals surface area contributed by atoms with Crippen LogP contribution in [-0.2, 0) is 4.79 Å². The molecule has 0 spiro atoms.